The highest BCUT2D eigenvalue weighted by Crippen LogP contribution is 2.41. The van der Waals surface area contributed by atoms with Crippen molar-refractivity contribution in [1.82, 2.24) is 10.2 Å². The molecule has 0 saturated heterocycles. The van der Waals surface area contributed by atoms with Crippen LogP contribution >= 0.6 is 12.6 Å². The molecule has 0 radical (unpaired) electrons. The Hall–Kier alpha value is -3.20. The average Bonchev–Trinajstić information content (AvgIpc) is 3.57. The van der Waals surface area contributed by atoms with Gasteiger partial charge in [-0.15, -0.1) is 0 Å². The molecule has 1 fully saturated rings. The molecule has 4 unspecified atom stereocenters. The summed E-state index contributed by atoms with van der Waals surface area (Å²) >= 11 is 4.36. The van der Waals surface area contributed by atoms with Gasteiger partial charge in [0.15, 0.2) is 0 Å². The zero-order chi connectivity index (χ0) is 28.2. The molecule has 0 spiro atoms. The van der Waals surface area contributed by atoms with E-state index in [1.807, 2.05) is 39.0 Å². The van der Waals surface area contributed by atoms with Gasteiger partial charge in [0.2, 0.25) is 5.91 Å². The van der Waals surface area contributed by atoms with Crippen molar-refractivity contribution in [2.24, 2.45) is 5.92 Å². The monoisotopic (exact) mass is 541 g/mol. The highest BCUT2D eigenvalue weighted by Gasteiger charge is 2.48. The van der Waals surface area contributed by atoms with Crippen LogP contribution in [0.3, 0.4) is 0 Å². The summed E-state index contributed by atoms with van der Waals surface area (Å²) in [5.41, 5.74) is 2.46. The lowest BCUT2D eigenvalue weighted by atomic mass is 9.96. The lowest BCUT2D eigenvalue weighted by molar-refractivity contribution is -0.141. The Balaban J connectivity index is 2.01. The van der Waals surface area contributed by atoms with E-state index in [1.165, 1.54) is 0 Å². The fourth-order valence-corrected chi connectivity index (χ4v) is 4.59. The van der Waals surface area contributed by atoms with Crippen LogP contribution in [0.4, 0.5) is 10.5 Å². The number of nitrogens with zero attached hydrogens (tertiary/aromatic N) is 1. The highest BCUT2D eigenvalue weighted by atomic mass is 32.1. The predicted octanol–water partition coefficient (Wildman–Crippen LogP) is 5.05. The highest BCUT2D eigenvalue weighted by molar-refractivity contribution is 7.80. The van der Waals surface area contributed by atoms with E-state index in [0.29, 0.717) is 11.4 Å². The van der Waals surface area contributed by atoms with E-state index in [1.54, 1.807) is 57.0 Å². The molecule has 1 aliphatic rings. The van der Waals surface area contributed by atoms with Gasteiger partial charge in [-0.05, 0) is 82.3 Å². The number of methoxy groups -OCH3 is 1. The third kappa shape index (κ3) is 7.43. The molecule has 1 saturated carbocycles. The van der Waals surface area contributed by atoms with Crippen LogP contribution in [0.2, 0.25) is 0 Å². The molecule has 4 atom stereocenters. The van der Waals surface area contributed by atoms with Gasteiger partial charge < -0.3 is 25.0 Å². The molecule has 1 aliphatic carbocycles. The molecule has 0 bridgehead atoms. The van der Waals surface area contributed by atoms with Crippen LogP contribution in [-0.4, -0.2) is 53.4 Å². The second-order valence-electron chi connectivity index (χ2n) is 10.9. The number of carbonyl (C=O) groups excluding carboxylic acids is 3. The number of nitrogens with one attached hydrogen (secondary N) is 2. The standard InChI is InChI=1S/C29H39N3O5S/c1-17-8-9-18(2)22(14-17)25(26(33)30-20-10-12-21(36-7)13-11-20)32(24-15-19(24)3)27(34)23(16-38)31-28(35)37-29(4,5)6/h8-14,19,23-25,38H,15-16H2,1-7H3,(H,30,33)(H,31,35). The van der Waals surface area contributed by atoms with E-state index < -0.39 is 23.8 Å². The molecule has 0 aromatic heterocycles. The van der Waals surface area contributed by atoms with Crippen molar-refractivity contribution in [1.29, 1.82) is 0 Å². The Bertz CT molecular complexity index is 1160. The number of thiol groups is 1. The maximum absolute atomic E-state index is 14.1. The van der Waals surface area contributed by atoms with Crippen LogP contribution in [0, 0.1) is 19.8 Å². The van der Waals surface area contributed by atoms with E-state index in [0.717, 1.165) is 23.1 Å². The summed E-state index contributed by atoms with van der Waals surface area (Å²) in [6, 6.07) is 10.9. The number of anilines is 1. The first kappa shape index (κ1) is 29.4. The number of hydrogen-bond donors (Lipinski definition) is 3. The molecule has 0 aliphatic heterocycles. The Morgan fingerprint density at radius 3 is 2.26 bits per heavy atom. The largest absolute Gasteiger partial charge is 0.497 e. The number of aryl methyl sites for hydroxylation is 2. The van der Waals surface area contributed by atoms with Gasteiger partial charge in [0.1, 0.15) is 23.4 Å². The molecule has 206 valence electrons. The first-order valence-electron chi connectivity index (χ1n) is 12.8. The Morgan fingerprint density at radius 1 is 1.11 bits per heavy atom. The average molecular weight is 542 g/mol. The third-order valence-electron chi connectivity index (χ3n) is 6.46. The fourth-order valence-electron chi connectivity index (χ4n) is 4.34. The fraction of sp³-hybridized carbons (Fsp3) is 0.483. The van der Waals surface area contributed by atoms with Gasteiger partial charge in [0, 0.05) is 17.5 Å². The number of carbonyl (C=O) groups is 3. The molecule has 3 amide bonds. The summed E-state index contributed by atoms with van der Waals surface area (Å²) in [5.74, 6) is 0.211. The summed E-state index contributed by atoms with van der Waals surface area (Å²) in [4.78, 5) is 42.2. The van der Waals surface area contributed by atoms with Crippen molar-refractivity contribution in [2.75, 3.05) is 18.2 Å². The first-order chi connectivity index (χ1) is 17.8. The maximum atomic E-state index is 14.1. The van der Waals surface area contributed by atoms with Crippen LogP contribution in [0.1, 0.15) is 56.8 Å². The van der Waals surface area contributed by atoms with Crippen molar-refractivity contribution in [3.8, 4) is 5.75 Å². The minimum Gasteiger partial charge on any atom is -0.497 e. The molecule has 3 rings (SSSR count). The minimum atomic E-state index is -0.970. The van der Waals surface area contributed by atoms with Crippen LogP contribution in [0.25, 0.3) is 0 Å². The molecule has 9 heteroatoms. The van der Waals surface area contributed by atoms with Gasteiger partial charge in [0.25, 0.3) is 5.91 Å². The summed E-state index contributed by atoms with van der Waals surface area (Å²) in [7, 11) is 1.58. The number of rotatable bonds is 9. The first-order valence-corrected chi connectivity index (χ1v) is 13.4. The Kier molecular flexibility index (Phi) is 9.35. The molecular weight excluding hydrogens is 502 g/mol. The zero-order valence-corrected chi connectivity index (χ0v) is 24.1. The van der Waals surface area contributed by atoms with E-state index in [2.05, 4.69) is 23.3 Å². The van der Waals surface area contributed by atoms with Gasteiger partial charge in [-0.3, -0.25) is 9.59 Å². The molecule has 8 nitrogen and oxygen atoms in total. The van der Waals surface area contributed by atoms with Crippen molar-refractivity contribution in [3.05, 3.63) is 59.2 Å². The minimum absolute atomic E-state index is 0.0509. The topological polar surface area (TPSA) is 97.0 Å². The van der Waals surface area contributed by atoms with E-state index >= 15 is 0 Å². The summed E-state index contributed by atoms with van der Waals surface area (Å²) in [5, 5.41) is 5.64. The Morgan fingerprint density at radius 2 is 1.74 bits per heavy atom. The zero-order valence-electron chi connectivity index (χ0n) is 23.2. The number of benzene rings is 2. The smallest absolute Gasteiger partial charge is 0.408 e. The molecule has 0 heterocycles. The van der Waals surface area contributed by atoms with Gasteiger partial charge in [0.05, 0.1) is 7.11 Å². The molecule has 2 N–H and O–H groups in total. The van der Waals surface area contributed by atoms with Crippen LogP contribution in [-0.2, 0) is 14.3 Å². The van der Waals surface area contributed by atoms with E-state index in [-0.39, 0.29) is 29.5 Å². The number of alkyl carbamates (subject to hydrolysis) is 1. The van der Waals surface area contributed by atoms with Gasteiger partial charge >= 0.3 is 6.09 Å². The number of hydrogen-bond acceptors (Lipinski definition) is 6. The lowest BCUT2D eigenvalue weighted by Gasteiger charge is -2.35. The van der Waals surface area contributed by atoms with Crippen molar-refractivity contribution >= 4 is 36.2 Å². The van der Waals surface area contributed by atoms with Crippen LogP contribution in [0.5, 0.6) is 5.75 Å². The van der Waals surface area contributed by atoms with E-state index in [4.69, 9.17) is 9.47 Å². The van der Waals surface area contributed by atoms with Crippen molar-refractivity contribution in [3.63, 3.8) is 0 Å². The van der Waals surface area contributed by atoms with Crippen LogP contribution < -0.4 is 15.4 Å². The Labute approximate surface area is 230 Å². The van der Waals surface area contributed by atoms with Gasteiger partial charge in [-0.2, -0.15) is 12.6 Å². The maximum Gasteiger partial charge on any atom is 0.408 e. The summed E-state index contributed by atoms with van der Waals surface area (Å²) in [6.07, 6.45) is 0.0499. The number of ether oxygens (including phenoxy) is 2. The van der Waals surface area contributed by atoms with Crippen molar-refractivity contribution in [2.45, 2.75) is 71.7 Å². The number of amides is 3. The molecular formula is C29H39N3O5S. The summed E-state index contributed by atoms with van der Waals surface area (Å²) in [6.45, 7) is 11.2. The van der Waals surface area contributed by atoms with Crippen LogP contribution in [0.15, 0.2) is 42.5 Å². The second-order valence-corrected chi connectivity index (χ2v) is 11.3. The van der Waals surface area contributed by atoms with E-state index in [9.17, 15) is 14.4 Å². The predicted molar refractivity (Wildman–Crippen MR) is 152 cm³/mol. The summed E-state index contributed by atoms with van der Waals surface area (Å²) < 4.78 is 10.6. The molecule has 2 aromatic rings. The lowest BCUT2D eigenvalue weighted by Crippen LogP contribution is -2.54. The normalized spacial score (nSPS) is 18.1. The second kappa shape index (κ2) is 12.1. The van der Waals surface area contributed by atoms with Gasteiger partial charge in [-0.25, -0.2) is 4.79 Å². The third-order valence-corrected chi connectivity index (χ3v) is 6.83. The van der Waals surface area contributed by atoms with Crippen molar-refractivity contribution < 1.29 is 23.9 Å². The quantitative estimate of drug-likeness (QED) is 0.386. The SMILES string of the molecule is COc1ccc(NC(=O)C(c2cc(C)ccc2C)N(C(=O)C(CS)NC(=O)OC(C)(C)C)C2CC2C)cc1. The molecule has 2 aromatic carbocycles. The molecule has 38 heavy (non-hydrogen) atoms. The van der Waals surface area contributed by atoms with Gasteiger partial charge in [-0.1, -0.05) is 30.7 Å².